The fraction of sp³-hybridized carbons (Fsp3) is 0.571. The SMILES string of the molecule is COC(=O)C=C(C)C=CC=C(C)C=CC12OC1(C)CCCC2(C)C. The summed E-state index contributed by atoms with van der Waals surface area (Å²) in [5, 5.41) is 0. The highest BCUT2D eigenvalue weighted by Crippen LogP contribution is 2.66. The Kier molecular flexibility index (Phi) is 5.24. The Balaban J connectivity index is 2.04. The molecule has 24 heavy (non-hydrogen) atoms. The molecule has 1 heterocycles. The smallest absolute Gasteiger partial charge is 0.330 e. The molecule has 3 heteroatoms. The van der Waals surface area contributed by atoms with Crippen LogP contribution in [0.15, 0.2) is 47.6 Å². The summed E-state index contributed by atoms with van der Waals surface area (Å²) in [5.41, 5.74) is 2.07. The lowest BCUT2D eigenvalue weighted by Gasteiger charge is -2.36. The van der Waals surface area contributed by atoms with Crippen LogP contribution in [-0.2, 0) is 14.3 Å². The molecule has 0 N–H and O–H groups in total. The first-order valence-corrected chi connectivity index (χ1v) is 8.66. The van der Waals surface area contributed by atoms with Crippen LogP contribution in [0, 0.1) is 5.41 Å². The van der Waals surface area contributed by atoms with Crippen molar-refractivity contribution in [1.82, 2.24) is 0 Å². The molecule has 132 valence electrons. The highest BCUT2D eigenvalue weighted by atomic mass is 16.6. The van der Waals surface area contributed by atoms with Crippen LogP contribution in [0.5, 0.6) is 0 Å². The molecule has 0 aromatic rings. The Morgan fingerprint density at radius 3 is 2.42 bits per heavy atom. The van der Waals surface area contributed by atoms with Gasteiger partial charge in [0.05, 0.1) is 12.7 Å². The van der Waals surface area contributed by atoms with Gasteiger partial charge in [-0.05, 0) is 51.7 Å². The minimum absolute atomic E-state index is 0.00120. The van der Waals surface area contributed by atoms with Crippen LogP contribution in [0.25, 0.3) is 0 Å². The molecule has 3 nitrogen and oxygen atoms in total. The fourth-order valence-electron chi connectivity index (χ4n) is 3.86. The van der Waals surface area contributed by atoms with Gasteiger partial charge in [0.15, 0.2) is 0 Å². The van der Waals surface area contributed by atoms with Gasteiger partial charge in [-0.1, -0.05) is 43.7 Å². The summed E-state index contributed by atoms with van der Waals surface area (Å²) in [4.78, 5) is 11.2. The normalized spacial score (nSPS) is 32.9. The molecule has 2 aliphatic rings. The summed E-state index contributed by atoms with van der Waals surface area (Å²) in [6, 6.07) is 0. The number of carbonyl (C=O) groups is 1. The van der Waals surface area contributed by atoms with Crippen molar-refractivity contribution in [3.63, 3.8) is 0 Å². The van der Waals surface area contributed by atoms with Crippen LogP contribution < -0.4 is 0 Å². The lowest BCUT2D eigenvalue weighted by molar-refractivity contribution is -0.134. The van der Waals surface area contributed by atoms with Gasteiger partial charge in [-0.2, -0.15) is 0 Å². The topological polar surface area (TPSA) is 38.8 Å². The van der Waals surface area contributed by atoms with Crippen LogP contribution in [0.1, 0.15) is 53.9 Å². The largest absolute Gasteiger partial charge is 0.466 e. The van der Waals surface area contributed by atoms with Gasteiger partial charge in [0.25, 0.3) is 0 Å². The zero-order valence-electron chi connectivity index (χ0n) is 15.8. The van der Waals surface area contributed by atoms with Gasteiger partial charge < -0.3 is 9.47 Å². The second kappa shape index (κ2) is 6.72. The van der Waals surface area contributed by atoms with E-state index in [9.17, 15) is 4.79 Å². The Hall–Kier alpha value is -1.61. The number of allylic oxidation sites excluding steroid dienone is 6. The standard InChI is InChI=1S/C21H30O3/c1-16(9-7-10-17(2)15-18(22)23-6)11-14-21-19(3,4)12-8-13-20(21,5)24-21/h7,9-11,14-15H,8,12-13H2,1-6H3. The second-order valence-corrected chi connectivity index (χ2v) is 7.82. The first-order chi connectivity index (χ1) is 11.2. The predicted octanol–water partition coefficient (Wildman–Crippen LogP) is 4.90. The van der Waals surface area contributed by atoms with Crippen LogP contribution >= 0.6 is 0 Å². The molecule has 1 saturated heterocycles. The molecular weight excluding hydrogens is 300 g/mol. The number of hydrogen-bond acceptors (Lipinski definition) is 3. The maximum absolute atomic E-state index is 11.2. The van der Waals surface area contributed by atoms with E-state index in [-0.39, 0.29) is 22.6 Å². The summed E-state index contributed by atoms with van der Waals surface area (Å²) >= 11 is 0. The van der Waals surface area contributed by atoms with Crippen molar-refractivity contribution < 1.29 is 14.3 Å². The monoisotopic (exact) mass is 330 g/mol. The van der Waals surface area contributed by atoms with E-state index in [1.165, 1.54) is 26.0 Å². The number of epoxide rings is 1. The van der Waals surface area contributed by atoms with Gasteiger partial charge in [0.1, 0.15) is 5.60 Å². The van der Waals surface area contributed by atoms with E-state index in [0.29, 0.717) is 0 Å². The van der Waals surface area contributed by atoms with E-state index < -0.39 is 0 Å². The summed E-state index contributed by atoms with van der Waals surface area (Å²) in [5.74, 6) is -0.332. The first kappa shape index (κ1) is 18.7. The molecular formula is C21H30O3. The maximum atomic E-state index is 11.2. The van der Waals surface area contributed by atoms with E-state index in [0.717, 1.165) is 17.6 Å². The quantitative estimate of drug-likeness (QED) is 0.311. The molecule has 1 saturated carbocycles. The minimum Gasteiger partial charge on any atom is -0.466 e. The summed E-state index contributed by atoms with van der Waals surface area (Å²) in [6.45, 7) is 10.8. The third-order valence-electron chi connectivity index (χ3n) is 5.44. The molecule has 2 fully saturated rings. The highest BCUT2D eigenvalue weighted by Gasteiger charge is 2.73. The average Bonchev–Trinajstić information content (AvgIpc) is 3.13. The van der Waals surface area contributed by atoms with Crippen molar-refractivity contribution in [1.29, 1.82) is 0 Å². The number of ether oxygens (including phenoxy) is 2. The molecule has 2 atom stereocenters. The number of methoxy groups -OCH3 is 1. The van der Waals surface area contributed by atoms with Crippen molar-refractivity contribution in [3.05, 3.63) is 47.6 Å². The van der Waals surface area contributed by atoms with Crippen molar-refractivity contribution in [2.45, 2.75) is 65.1 Å². The molecule has 1 aliphatic heterocycles. The number of rotatable bonds is 5. The molecule has 1 aliphatic carbocycles. The Labute approximate surface area is 146 Å². The van der Waals surface area contributed by atoms with E-state index in [2.05, 4.69) is 44.6 Å². The van der Waals surface area contributed by atoms with E-state index in [1.807, 2.05) is 25.2 Å². The van der Waals surface area contributed by atoms with Crippen LogP contribution in [0.3, 0.4) is 0 Å². The van der Waals surface area contributed by atoms with E-state index in [1.54, 1.807) is 0 Å². The summed E-state index contributed by atoms with van der Waals surface area (Å²) < 4.78 is 10.8. The molecule has 2 rings (SSSR count). The van der Waals surface area contributed by atoms with Crippen molar-refractivity contribution in [3.8, 4) is 0 Å². The summed E-state index contributed by atoms with van der Waals surface area (Å²) in [7, 11) is 1.38. The number of hydrogen-bond donors (Lipinski definition) is 0. The van der Waals surface area contributed by atoms with Crippen molar-refractivity contribution in [2.75, 3.05) is 7.11 Å². The van der Waals surface area contributed by atoms with E-state index >= 15 is 0 Å². The molecule has 0 aromatic carbocycles. The first-order valence-electron chi connectivity index (χ1n) is 8.66. The van der Waals surface area contributed by atoms with Gasteiger partial charge >= 0.3 is 5.97 Å². The van der Waals surface area contributed by atoms with Crippen LogP contribution in [0.4, 0.5) is 0 Å². The van der Waals surface area contributed by atoms with E-state index in [4.69, 9.17) is 4.74 Å². The van der Waals surface area contributed by atoms with Crippen LogP contribution in [0.2, 0.25) is 0 Å². The van der Waals surface area contributed by atoms with Gasteiger partial charge in [-0.25, -0.2) is 4.79 Å². The lowest BCUT2D eigenvalue weighted by Crippen LogP contribution is -2.41. The number of carbonyl (C=O) groups excluding carboxylic acids is 1. The maximum Gasteiger partial charge on any atom is 0.330 e. The summed E-state index contributed by atoms with van der Waals surface area (Å²) in [6.07, 6.45) is 15.3. The molecule has 0 amide bonds. The fourth-order valence-corrected chi connectivity index (χ4v) is 3.86. The van der Waals surface area contributed by atoms with Gasteiger partial charge in [-0.3, -0.25) is 0 Å². The van der Waals surface area contributed by atoms with Gasteiger partial charge in [-0.15, -0.1) is 0 Å². The highest BCUT2D eigenvalue weighted by molar-refractivity contribution is 5.83. The Bertz CT molecular complexity index is 621. The number of esters is 1. The van der Waals surface area contributed by atoms with Crippen molar-refractivity contribution >= 4 is 5.97 Å². The van der Waals surface area contributed by atoms with Crippen molar-refractivity contribution in [2.24, 2.45) is 5.41 Å². The lowest BCUT2D eigenvalue weighted by atomic mass is 9.64. The molecule has 0 spiro atoms. The number of fused-ring (bicyclic) bond motifs is 1. The van der Waals surface area contributed by atoms with Gasteiger partial charge in [0, 0.05) is 11.5 Å². The zero-order valence-corrected chi connectivity index (χ0v) is 15.8. The molecule has 0 aromatic heterocycles. The Morgan fingerprint density at radius 1 is 1.08 bits per heavy atom. The molecule has 0 bridgehead atoms. The third kappa shape index (κ3) is 3.56. The molecule has 2 unspecified atom stereocenters. The zero-order chi connectivity index (χ0) is 18.0. The average molecular weight is 330 g/mol. The van der Waals surface area contributed by atoms with Gasteiger partial charge in [0.2, 0.25) is 0 Å². The predicted molar refractivity (Wildman–Crippen MR) is 97.7 cm³/mol. The minimum atomic E-state index is -0.332. The third-order valence-corrected chi connectivity index (χ3v) is 5.44. The molecule has 0 radical (unpaired) electrons. The Morgan fingerprint density at radius 2 is 1.79 bits per heavy atom. The van der Waals surface area contributed by atoms with Crippen LogP contribution in [-0.4, -0.2) is 24.3 Å². The second-order valence-electron chi connectivity index (χ2n) is 7.82.